The van der Waals surface area contributed by atoms with Crippen molar-refractivity contribution in [1.29, 1.82) is 0 Å². The van der Waals surface area contributed by atoms with Gasteiger partial charge < -0.3 is 25.8 Å². The van der Waals surface area contributed by atoms with E-state index >= 15 is 0 Å². The Morgan fingerprint density at radius 2 is 1.80 bits per heavy atom. The van der Waals surface area contributed by atoms with Crippen molar-refractivity contribution < 1.29 is 37.0 Å². The minimum absolute atomic E-state index is 0.191. The van der Waals surface area contributed by atoms with Gasteiger partial charge in [0.2, 0.25) is 5.91 Å². The summed E-state index contributed by atoms with van der Waals surface area (Å²) in [5.41, 5.74) is -2.05. The smallest absolute Gasteiger partial charge is 0.418 e. The Balaban J connectivity index is 1.65. The molecular formula is C33H37F4N5O4. The van der Waals surface area contributed by atoms with Gasteiger partial charge in [0.05, 0.1) is 31.1 Å². The standard InChI is InChI=1S/C33H37F4N5O4/c1-19-12-26(39-18-32(45,33(35,36)37)17-31(3,4)25-15-22(34)10-11-28(25)46-6)24-16-40-42(27(24)13-19)23-9-7-8-21(14-23)30(44)41-20(2)29(43)38-5/h7-16,20,39,45H,17-18H2,1-6H3,(H,38,43)(H,41,44)/t20-,32?/m0/s1. The van der Waals surface area contributed by atoms with Gasteiger partial charge in [-0.15, -0.1) is 0 Å². The lowest BCUT2D eigenvalue weighted by Crippen LogP contribution is -2.53. The Hall–Kier alpha value is -4.65. The predicted octanol–water partition coefficient (Wildman–Crippen LogP) is 5.42. The van der Waals surface area contributed by atoms with Crippen LogP contribution in [0.4, 0.5) is 23.2 Å². The summed E-state index contributed by atoms with van der Waals surface area (Å²) in [5, 5.41) is 23.9. The van der Waals surface area contributed by atoms with Crippen molar-refractivity contribution in [3.05, 3.63) is 83.3 Å². The highest BCUT2D eigenvalue weighted by molar-refractivity contribution is 5.98. The minimum atomic E-state index is -5.04. The average molecular weight is 644 g/mol. The van der Waals surface area contributed by atoms with Crippen LogP contribution < -0.4 is 20.7 Å². The van der Waals surface area contributed by atoms with Crippen molar-refractivity contribution in [1.82, 2.24) is 20.4 Å². The van der Waals surface area contributed by atoms with E-state index in [1.165, 1.54) is 40.3 Å². The van der Waals surface area contributed by atoms with E-state index in [4.69, 9.17) is 4.74 Å². The lowest BCUT2D eigenvalue weighted by atomic mass is 9.74. The molecule has 4 rings (SSSR count). The molecule has 0 spiro atoms. The predicted molar refractivity (Wildman–Crippen MR) is 167 cm³/mol. The van der Waals surface area contributed by atoms with Gasteiger partial charge in [0, 0.05) is 29.2 Å². The van der Waals surface area contributed by atoms with Crippen LogP contribution in [0.25, 0.3) is 16.6 Å². The van der Waals surface area contributed by atoms with Crippen LogP contribution in [-0.4, -0.2) is 65.2 Å². The topological polar surface area (TPSA) is 118 Å². The molecule has 0 fully saturated rings. The van der Waals surface area contributed by atoms with Gasteiger partial charge in [-0.25, -0.2) is 9.07 Å². The molecule has 1 heterocycles. The first kappa shape index (κ1) is 34.2. The van der Waals surface area contributed by atoms with E-state index in [-0.39, 0.29) is 22.8 Å². The van der Waals surface area contributed by atoms with Gasteiger partial charge in [-0.2, -0.15) is 18.3 Å². The van der Waals surface area contributed by atoms with E-state index < -0.39 is 47.9 Å². The molecule has 0 radical (unpaired) electrons. The quantitative estimate of drug-likeness (QED) is 0.162. The van der Waals surface area contributed by atoms with E-state index in [0.29, 0.717) is 27.8 Å². The summed E-state index contributed by atoms with van der Waals surface area (Å²) in [6, 6.07) is 12.8. The number of anilines is 1. The number of carbonyl (C=O) groups excluding carboxylic acids is 2. The van der Waals surface area contributed by atoms with Gasteiger partial charge >= 0.3 is 6.18 Å². The number of likely N-dealkylation sites (N-methyl/N-ethyl adjacent to an activating group) is 1. The Bertz CT molecular complexity index is 1750. The van der Waals surface area contributed by atoms with Gasteiger partial charge in [-0.1, -0.05) is 19.9 Å². The fourth-order valence-corrected chi connectivity index (χ4v) is 5.50. The third-order valence-electron chi connectivity index (χ3n) is 7.90. The molecule has 4 aromatic rings. The molecule has 0 saturated carbocycles. The SMILES string of the molecule is CNC(=O)[C@H](C)NC(=O)c1cccc(-n2ncc3c(NCC(O)(CC(C)(C)c4cc(F)ccc4OC)C(F)(F)F)cc(C)cc32)c1. The van der Waals surface area contributed by atoms with E-state index in [0.717, 1.165) is 12.1 Å². The molecule has 13 heteroatoms. The molecule has 0 aliphatic carbocycles. The van der Waals surface area contributed by atoms with Crippen molar-refractivity contribution in [2.75, 3.05) is 26.0 Å². The molecule has 0 aliphatic rings. The molecule has 46 heavy (non-hydrogen) atoms. The molecule has 1 aromatic heterocycles. The number of alkyl halides is 3. The number of aromatic nitrogens is 2. The number of fused-ring (bicyclic) bond motifs is 1. The Morgan fingerprint density at radius 1 is 1.09 bits per heavy atom. The lowest BCUT2D eigenvalue weighted by molar-refractivity contribution is -0.260. The second-order valence-corrected chi connectivity index (χ2v) is 11.9. The minimum Gasteiger partial charge on any atom is -0.496 e. The summed E-state index contributed by atoms with van der Waals surface area (Å²) < 4.78 is 64.5. The van der Waals surface area contributed by atoms with E-state index in [2.05, 4.69) is 21.0 Å². The molecule has 2 amide bonds. The number of nitrogens with zero attached hydrogens (tertiary/aromatic N) is 2. The van der Waals surface area contributed by atoms with Gasteiger partial charge in [-0.05, 0) is 79.8 Å². The molecule has 1 unspecified atom stereocenters. The summed E-state index contributed by atoms with van der Waals surface area (Å²) in [4.78, 5) is 24.6. The van der Waals surface area contributed by atoms with Crippen LogP contribution in [0.1, 0.15) is 48.7 Å². The summed E-state index contributed by atoms with van der Waals surface area (Å²) in [6.07, 6.45) is -4.36. The Kier molecular flexibility index (Phi) is 9.67. The number of aliphatic hydroxyl groups is 1. The van der Waals surface area contributed by atoms with Crippen LogP contribution in [0.5, 0.6) is 5.75 Å². The fraction of sp³-hybridized carbons (Fsp3) is 0.364. The Labute approximate surface area is 263 Å². The third-order valence-corrected chi connectivity index (χ3v) is 7.90. The molecule has 2 atom stereocenters. The van der Waals surface area contributed by atoms with E-state index in [1.807, 2.05) is 0 Å². The van der Waals surface area contributed by atoms with Crippen molar-refractivity contribution >= 4 is 28.4 Å². The average Bonchev–Trinajstić information content (AvgIpc) is 3.42. The number of rotatable bonds is 11. The van der Waals surface area contributed by atoms with Gasteiger partial charge in [0.25, 0.3) is 5.91 Å². The summed E-state index contributed by atoms with van der Waals surface area (Å²) in [6.45, 7) is 5.40. The van der Waals surface area contributed by atoms with E-state index in [1.54, 1.807) is 54.9 Å². The normalized spacial score (nSPS) is 14.0. The van der Waals surface area contributed by atoms with Crippen LogP contribution >= 0.6 is 0 Å². The fourth-order valence-electron chi connectivity index (χ4n) is 5.50. The highest BCUT2D eigenvalue weighted by Crippen LogP contribution is 2.44. The number of carbonyl (C=O) groups is 2. The molecule has 0 saturated heterocycles. The molecule has 246 valence electrons. The summed E-state index contributed by atoms with van der Waals surface area (Å²) >= 11 is 0. The van der Waals surface area contributed by atoms with Crippen LogP contribution in [0, 0.1) is 12.7 Å². The van der Waals surface area contributed by atoms with Crippen LogP contribution in [0.15, 0.2) is 60.8 Å². The molecule has 9 nitrogen and oxygen atoms in total. The Morgan fingerprint density at radius 3 is 2.46 bits per heavy atom. The molecular weight excluding hydrogens is 606 g/mol. The first-order chi connectivity index (χ1) is 21.5. The highest BCUT2D eigenvalue weighted by Gasteiger charge is 2.56. The van der Waals surface area contributed by atoms with Crippen molar-refractivity contribution in [3.8, 4) is 11.4 Å². The monoisotopic (exact) mass is 643 g/mol. The maximum atomic E-state index is 14.5. The van der Waals surface area contributed by atoms with Crippen LogP contribution in [0.2, 0.25) is 0 Å². The molecule has 3 aromatic carbocycles. The second kappa shape index (κ2) is 13.0. The zero-order chi connectivity index (χ0) is 34.0. The lowest BCUT2D eigenvalue weighted by Gasteiger charge is -2.38. The van der Waals surface area contributed by atoms with Gasteiger partial charge in [0.15, 0.2) is 5.60 Å². The highest BCUT2D eigenvalue weighted by atomic mass is 19.4. The maximum Gasteiger partial charge on any atom is 0.418 e. The summed E-state index contributed by atoms with van der Waals surface area (Å²) in [5.74, 6) is -1.26. The first-order valence-electron chi connectivity index (χ1n) is 14.5. The van der Waals surface area contributed by atoms with Gasteiger partial charge in [-0.3, -0.25) is 9.59 Å². The zero-order valence-electron chi connectivity index (χ0n) is 26.3. The number of benzene rings is 3. The number of nitrogens with one attached hydrogen (secondary N) is 3. The third kappa shape index (κ3) is 7.09. The van der Waals surface area contributed by atoms with Crippen molar-refractivity contribution in [2.24, 2.45) is 0 Å². The number of amides is 2. The van der Waals surface area contributed by atoms with E-state index in [9.17, 15) is 32.3 Å². The summed E-state index contributed by atoms with van der Waals surface area (Å²) in [7, 11) is 2.81. The van der Waals surface area contributed by atoms with Crippen molar-refractivity contribution in [2.45, 2.75) is 57.3 Å². The second-order valence-electron chi connectivity index (χ2n) is 11.9. The number of aryl methyl sites for hydroxylation is 1. The molecule has 0 aliphatic heterocycles. The largest absolute Gasteiger partial charge is 0.496 e. The van der Waals surface area contributed by atoms with Gasteiger partial charge in [0.1, 0.15) is 17.6 Å². The molecule has 4 N–H and O–H groups in total. The van der Waals surface area contributed by atoms with Crippen LogP contribution in [0.3, 0.4) is 0 Å². The number of hydrogen-bond acceptors (Lipinski definition) is 6. The number of ether oxygens (including phenoxy) is 1. The maximum absolute atomic E-state index is 14.5. The number of halogens is 4. The molecule has 0 bridgehead atoms. The number of methoxy groups -OCH3 is 1. The van der Waals surface area contributed by atoms with Crippen LogP contribution in [-0.2, 0) is 10.2 Å². The van der Waals surface area contributed by atoms with Crippen molar-refractivity contribution in [3.63, 3.8) is 0 Å². The zero-order valence-corrected chi connectivity index (χ0v) is 26.3. The number of hydrogen-bond donors (Lipinski definition) is 4. The first-order valence-corrected chi connectivity index (χ1v) is 14.5.